The molecule has 0 radical (unpaired) electrons. The lowest BCUT2D eigenvalue weighted by atomic mass is 10.3. The lowest BCUT2D eigenvalue weighted by Gasteiger charge is -2.04. The van der Waals surface area contributed by atoms with Crippen LogP contribution in [0.25, 0.3) is 0 Å². The van der Waals surface area contributed by atoms with Crippen LogP contribution in [0.4, 0.5) is 0 Å². The van der Waals surface area contributed by atoms with Gasteiger partial charge in [0.1, 0.15) is 5.69 Å². The largest absolute Gasteiger partial charge is 0.477 e. The molecule has 2 aromatic heterocycles. The first kappa shape index (κ1) is 10.5. The number of aryl methyl sites for hydroxylation is 3. The van der Waals surface area contributed by atoms with Crippen molar-refractivity contribution in [1.82, 2.24) is 14.3 Å². The van der Waals surface area contributed by atoms with E-state index in [1.54, 1.807) is 27.6 Å². The first-order chi connectivity index (χ1) is 7.66. The van der Waals surface area contributed by atoms with Crippen molar-refractivity contribution in [3.8, 4) is 0 Å². The van der Waals surface area contributed by atoms with Gasteiger partial charge in [-0.3, -0.25) is 4.68 Å². The third-order valence-electron chi connectivity index (χ3n) is 2.43. The number of hydrogen-bond donors (Lipinski definition) is 1. The number of carboxylic acids is 1. The molecule has 16 heavy (non-hydrogen) atoms. The maximum atomic E-state index is 10.9. The minimum atomic E-state index is -0.897. The second-order valence-electron chi connectivity index (χ2n) is 3.62. The highest BCUT2D eigenvalue weighted by atomic mass is 16.4. The van der Waals surface area contributed by atoms with Gasteiger partial charge in [0.25, 0.3) is 0 Å². The quantitative estimate of drug-likeness (QED) is 0.839. The fourth-order valence-corrected chi connectivity index (χ4v) is 1.63. The molecule has 0 amide bonds. The van der Waals surface area contributed by atoms with Crippen molar-refractivity contribution in [2.75, 3.05) is 0 Å². The van der Waals surface area contributed by atoms with Crippen LogP contribution in [0.3, 0.4) is 0 Å². The van der Waals surface area contributed by atoms with Gasteiger partial charge in [-0.2, -0.15) is 5.10 Å². The van der Waals surface area contributed by atoms with Crippen molar-refractivity contribution in [1.29, 1.82) is 0 Å². The summed E-state index contributed by atoms with van der Waals surface area (Å²) in [6.07, 6.45) is 4.38. The Hall–Kier alpha value is -2.04. The van der Waals surface area contributed by atoms with Gasteiger partial charge >= 0.3 is 5.97 Å². The van der Waals surface area contributed by atoms with Crippen LogP contribution in [0.15, 0.2) is 30.6 Å². The van der Waals surface area contributed by atoms with E-state index in [1.165, 1.54) is 0 Å². The highest BCUT2D eigenvalue weighted by Gasteiger charge is 2.08. The van der Waals surface area contributed by atoms with E-state index < -0.39 is 5.97 Å². The van der Waals surface area contributed by atoms with Crippen LogP contribution in [-0.4, -0.2) is 25.4 Å². The van der Waals surface area contributed by atoms with Crippen molar-refractivity contribution in [2.24, 2.45) is 7.05 Å². The highest BCUT2D eigenvalue weighted by molar-refractivity contribution is 5.85. The molecule has 84 valence electrons. The minimum absolute atomic E-state index is 0.316. The maximum Gasteiger partial charge on any atom is 0.352 e. The molecule has 5 heteroatoms. The summed E-state index contributed by atoms with van der Waals surface area (Å²) < 4.78 is 3.46. The molecule has 0 aliphatic rings. The standard InChI is InChI=1S/C11H13N3O2/c1-13-7-4-9(12-13)5-8-14-6-2-3-10(14)11(15)16/h2-4,6-7H,5,8H2,1H3,(H,15,16). The molecular formula is C11H13N3O2. The first-order valence-corrected chi connectivity index (χ1v) is 5.04. The predicted molar refractivity (Wildman–Crippen MR) is 58.3 cm³/mol. The second kappa shape index (κ2) is 4.22. The normalized spacial score (nSPS) is 10.6. The number of nitrogens with zero attached hydrogens (tertiary/aromatic N) is 3. The van der Waals surface area contributed by atoms with Gasteiger partial charge in [-0.15, -0.1) is 0 Å². The van der Waals surface area contributed by atoms with Gasteiger partial charge in [-0.05, 0) is 18.2 Å². The summed E-state index contributed by atoms with van der Waals surface area (Å²) in [5.74, 6) is -0.897. The van der Waals surface area contributed by atoms with Crippen molar-refractivity contribution in [3.05, 3.63) is 42.0 Å². The van der Waals surface area contributed by atoms with Gasteiger partial charge in [0.15, 0.2) is 0 Å². The molecule has 0 atom stereocenters. The number of aromatic nitrogens is 3. The molecular weight excluding hydrogens is 206 g/mol. The first-order valence-electron chi connectivity index (χ1n) is 5.04. The number of rotatable bonds is 4. The van der Waals surface area contributed by atoms with E-state index in [9.17, 15) is 4.79 Å². The summed E-state index contributed by atoms with van der Waals surface area (Å²) >= 11 is 0. The van der Waals surface area contributed by atoms with E-state index >= 15 is 0 Å². The van der Waals surface area contributed by atoms with E-state index in [-0.39, 0.29) is 0 Å². The van der Waals surface area contributed by atoms with Crippen LogP contribution in [0.1, 0.15) is 16.2 Å². The Morgan fingerprint density at radius 1 is 1.44 bits per heavy atom. The van der Waals surface area contributed by atoms with Crippen molar-refractivity contribution < 1.29 is 9.90 Å². The van der Waals surface area contributed by atoms with Crippen LogP contribution in [0.5, 0.6) is 0 Å². The molecule has 1 N–H and O–H groups in total. The molecule has 0 saturated heterocycles. The van der Waals surface area contributed by atoms with E-state index in [0.717, 1.165) is 12.1 Å². The number of carboxylic acid groups (broad SMARTS) is 1. The molecule has 2 heterocycles. The molecule has 2 aromatic rings. The van der Waals surface area contributed by atoms with E-state index in [4.69, 9.17) is 5.11 Å². The monoisotopic (exact) mass is 219 g/mol. The summed E-state index contributed by atoms with van der Waals surface area (Å²) in [5.41, 5.74) is 1.28. The third-order valence-corrected chi connectivity index (χ3v) is 2.43. The smallest absolute Gasteiger partial charge is 0.352 e. The van der Waals surface area contributed by atoms with E-state index in [2.05, 4.69) is 5.10 Å². The lowest BCUT2D eigenvalue weighted by Crippen LogP contribution is -2.09. The molecule has 0 saturated carbocycles. The summed E-state index contributed by atoms with van der Waals surface area (Å²) in [4.78, 5) is 10.9. The van der Waals surface area contributed by atoms with Crippen molar-refractivity contribution in [3.63, 3.8) is 0 Å². The lowest BCUT2D eigenvalue weighted by molar-refractivity contribution is 0.0685. The van der Waals surface area contributed by atoms with Gasteiger partial charge in [0.2, 0.25) is 0 Å². The zero-order valence-electron chi connectivity index (χ0n) is 9.00. The molecule has 0 aromatic carbocycles. The Morgan fingerprint density at radius 3 is 2.88 bits per heavy atom. The highest BCUT2D eigenvalue weighted by Crippen LogP contribution is 2.05. The Balaban J connectivity index is 2.04. The van der Waals surface area contributed by atoms with Gasteiger partial charge in [-0.1, -0.05) is 0 Å². The molecule has 0 aliphatic carbocycles. The minimum Gasteiger partial charge on any atom is -0.477 e. The predicted octanol–water partition coefficient (Wildman–Crippen LogP) is 1.16. The number of carbonyl (C=O) groups is 1. The maximum absolute atomic E-state index is 10.9. The van der Waals surface area contributed by atoms with Gasteiger partial charge in [0.05, 0.1) is 5.69 Å². The van der Waals surface area contributed by atoms with Gasteiger partial charge in [0, 0.05) is 32.4 Å². The number of aromatic carboxylic acids is 1. The van der Waals surface area contributed by atoms with Crippen molar-refractivity contribution >= 4 is 5.97 Å². The van der Waals surface area contributed by atoms with E-state index in [0.29, 0.717) is 12.2 Å². The molecule has 0 unspecified atom stereocenters. The van der Waals surface area contributed by atoms with Gasteiger partial charge in [-0.25, -0.2) is 4.79 Å². The Kier molecular flexibility index (Phi) is 2.76. The van der Waals surface area contributed by atoms with E-state index in [1.807, 2.05) is 19.3 Å². The average molecular weight is 219 g/mol. The fraction of sp³-hybridized carbons (Fsp3) is 0.273. The Morgan fingerprint density at radius 2 is 2.25 bits per heavy atom. The average Bonchev–Trinajstić information content (AvgIpc) is 2.83. The second-order valence-corrected chi connectivity index (χ2v) is 3.62. The summed E-state index contributed by atoms with van der Waals surface area (Å²) in [6.45, 7) is 0.631. The van der Waals surface area contributed by atoms with Crippen molar-refractivity contribution in [2.45, 2.75) is 13.0 Å². The molecule has 0 spiro atoms. The number of hydrogen-bond acceptors (Lipinski definition) is 2. The summed E-state index contributed by atoms with van der Waals surface area (Å²) in [7, 11) is 1.86. The van der Waals surface area contributed by atoms with Crippen LogP contribution < -0.4 is 0 Å². The molecule has 2 rings (SSSR count). The Labute approximate surface area is 92.9 Å². The van der Waals surface area contributed by atoms with Crippen LogP contribution >= 0.6 is 0 Å². The molecule has 0 fully saturated rings. The van der Waals surface area contributed by atoms with Crippen LogP contribution in [0.2, 0.25) is 0 Å². The summed E-state index contributed by atoms with van der Waals surface area (Å²) in [5, 5.41) is 13.2. The van der Waals surface area contributed by atoms with Crippen LogP contribution in [0, 0.1) is 0 Å². The fourth-order valence-electron chi connectivity index (χ4n) is 1.63. The zero-order valence-corrected chi connectivity index (χ0v) is 9.00. The Bertz CT molecular complexity index is 499. The third kappa shape index (κ3) is 2.13. The summed E-state index contributed by atoms with van der Waals surface area (Å²) in [6, 6.07) is 5.27. The zero-order chi connectivity index (χ0) is 11.5. The van der Waals surface area contributed by atoms with Crippen LogP contribution in [-0.2, 0) is 20.0 Å². The topological polar surface area (TPSA) is 60.0 Å². The molecule has 0 aliphatic heterocycles. The SMILES string of the molecule is Cn1ccc(CCn2cccc2C(=O)O)n1. The molecule has 5 nitrogen and oxygen atoms in total. The molecule has 0 bridgehead atoms. The van der Waals surface area contributed by atoms with Gasteiger partial charge < -0.3 is 9.67 Å².